The fourth-order valence-electron chi connectivity index (χ4n) is 2.00. The first-order valence-corrected chi connectivity index (χ1v) is 6.15. The molecule has 0 unspecified atom stereocenters. The Morgan fingerprint density at radius 2 is 2.18 bits per heavy atom. The molecule has 1 aromatic carbocycles. The van der Waals surface area contributed by atoms with Gasteiger partial charge in [-0.05, 0) is 23.8 Å². The minimum atomic E-state index is -0.860. The second-order valence-electron chi connectivity index (χ2n) is 3.86. The maximum Gasteiger partial charge on any atom is 0.345 e. The first-order chi connectivity index (χ1) is 8.25. The van der Waals surface area contributed by atoms with Crippen LogP contribution in [0.1, 0.15) is 15.2 Å². The third kappa shape index (κ3) is 1.70. The summed E-state index contributed by atoms with van der Waals surface area (Å²) in [4.78, 5) is 12.4. The van der Waals surface area contributed by atoms with Crippen LogP contribution in [0.3, 0.4) is 0 Å². The summed E-state index contributed by atoms with van der Waals surface area (Å²) in [6.45, 7) is 0.597. The average molecular weight is 246 g/mol. The Hall–Kier alpha value is -1.81. The smallest absolute Gasteiger partial charge is 0.345 e. The monoisotopic (exact) mass is 246 g/mol. The molecule has 1 aliphatic rings. The second-order valence-corrected chi connectivity index (χ2v) is 4.92. The largest absolute Gasteiger partial charge is 0.493 e. The molecule has 4 heteroatoms. The predicted octanol–water partition coefficient (Wildman–Crippen LogP) is 3.05. The zero-order valence-corrected chi connectivity index (χ0v) is 9.79. The molecule has 0 aliphatic carbocycles. The number of carbonyl (C=O) groups is 1. The molecule has 2 heterocycles. The van der Waals surface area contributed by atoms with Crippen molar-refractivity contribution in [1.82, 2.24) is 0 Å². The molecule has 0 amide bonds. The molecular formula is C13H10O3S. The first kappa shape index (κ1) is 10.4. The van der Waals surface area contributed by atoms with E-state index in [2.05, 4.69) is 0 Å². The maximum atomic E-state index is 11.0. The molecule has 17 heavy (non-hydrogen) atoms. The van der Waals surface area contributed by atoms with Crippen molar-refractivity contribution in [3.8, 4) is 16.2 Å². The Morgan fingerprint density at radius 1 is 1.35 bits per heavy atom. The summed E-state index contributed by atoms with van der Waals surface area (Å²) >= 11 is 1.32. The van der Waals surface area contributed by atoms with Crippen molar-refractivity contribution in [3.63, 3.8) is 0 Å². The van der Waals surface area contributed by atoms with Gasteiger partial charge in [0.15, 0.2) is 0 Å². The van der Waals surface area contributed by atoms with Crippen molar-refractivity contribution in [2.24, 2.45) is 0 Å². The normalized spacial score (nSPS) is 13.2. The van der Waals surface area contributed by atoms with E-state index in [0.29, 0.717) is 11.5 Å². The van der Waals surface area contributed by atoms with Crippen LogP contribution in [0.2, 0.25) is 0 Å². The molecular weight excluding hydrogens is 236 g/mol. The lowest BCUT2D eigenvalue weighted by molar-refractivity contribution is 0.0702. The number of benzene rings is 1. The molecule has 0 atom stereocenters. The van der Waals surface area contributed by atoms with Gasteiger partial charge in [0.2, 0.25) is 0 Å². The van der Waals surface area contributed by atoms with Gasteiger partial charge < -0.3 is 9.84 Å². The standard InChI is InChI=1S/C13H10O3S/c14-13(15)11-7-8-5-6-16-10-4-2-1-3-9(10)12(8)17-11/h1-4,7H,5-6H2,(H,14,15). The minimum absolute atomic E-state index is 0.395. The van der Waals surface area contributed by atoms with E-state index in [0.717, 1.165) is 28.2 Å². The van der Waals surface area contributed by atoms with E-state index in [1.807, 2.05) is 24.3 Å². The molecule has 0 saturated heterocycles. The number of thiophene rings is 1. The number of fused-ring (bicyclic) bond motifs is 3. The van der Waals surface area contributed by atoms with Crippen molar-refractivity contribution in [2.75, 3.05) is 6.61 Å². The lowest BCUT2D eigenvalue weighted by Crippen LogP contribution is -1.98. The van der Waals surface area contributed by atoms with Crippen molar-refractivity contribution >= 4 is 17.3 Å². The topological polar surface area (TPSA) is 46.5 Å². The summed E-state index contributed by atoms with van der Waals surface area (Å²) in [6.07, 6.45) is 0.758. The fraction of sp³-hybridized carbons (Fsp3) is 0.154. The van der Waals surface area contributed by atoms with E-state index in [4.69, 9.17) is 9.84 Å². The molecule has 1 aromatic heterocycles. The van der Waals surface area contributed by atoms with Crippen LogP contribution >= 0.6 is 11.3 Å². The summed E-state index contributed by atoms with van der Waals surface area (Å²) in [5.41, 5.74) is 2.06. The van der Waals surface area contributed by atoms with E-state index in [-0.39, 0.29) is 0 Å². The Bertz CT molecular complexity index is 586. The summed E-state index contributed by atoms with van der Waals surface area (Å²) in [5, 5.41) is 9.03. The number of hydrogen-bond acceptors (Lipinski definition) is 3. The van der Waals surface area contributed by atoms with E-state index in [1.165, 1.54) is 11.3 Å². The van der Waals surface area contributed by atoms with Gasteiger partial charge >= 0.3 is 5.97 Å². The van der Waals surface area contributed by atoms with E-state index in [1.54, 1.807) is 6.07 Å². The number of para-hydroxylation sites is 1. The molecule has 3 nitrogen and oxygen atoms in total. The number of aromatic carboxylic acids is 1. The van der Waals surface area contributed by atoms with Gasteiger partial charge in [-0.3, -0.25) is 0 Å². The molecule has 0 bridgehead atoms. The van der Waals surface area contributed by atoms with Crippen molar-refractivity contribution < 1.29 is 14.6 Å². The van der Waals surface area contributed by atoms with Crippen molar-refractivity contribution in [3.05, 3.63) is 40.8 Å². The van der Waals surface area contributed by atoms with E-state index in [9.17, 15) is 4.79 Å². The highest BCUT2D eigenvalue weighted by atomic mass is 32.1. The number of ether oxygens (including phenoxy) is 1. The van der Waals surface area contributed by atoms with Gasteiger partial charge in [-0.2, -0.15) is 0 Å². The summed E-state index contributed by atoms with van der Waals surface area (Å²) in [7, 11) is 0. The van der Waals surface area contributed by atoms with Gasteiger partial charge in [-0.15, -0.1) is 11.3 Å². The Labute approximate surface area is 102 Å². The SMILES string of the molecule is O=C(O)c1cc2c(s1)-c1ccccc1OCC2. The Balaban J connectivity index is 2.21. The van der Waals surface area contributed by atoms with Crippen LogP contribution in [0.25, 0.3) is 10.4 Å². The Morgan fingerprint density at radius 3 is 3.00 bits per heavy atom. The summed E-state index contributed by atoms with van der Waals surface area (Å²) < 4.78 is 5.65. The second kappa shape index (κ2) is 3.89. The van der Waals surface area contributed by atoms with Crippen LogP contribution in [-0.4, -0.2) is 17.7 Å². The highest BCUT2D eigenvalue weighted by Gasteiger charge is 2.20. The van der Waals surface area contributed by atoms with Crippen LogP contribution in [0.15, 0.2) is 30.3 Å². The molecule has 0 fully saturated rings. The zero-order chi connectivity index (χ0) is 11.8. The summed E-state index contributed by atoms with van der Waals surface area (Å²) in [6, 6.07) is 9.52. The average Bonchev–Trinajstić information content (AvgIpc) is 2.67. The number of hydrogen-bond donors (Lipinski definition) is 1. The van der Waals surface area contributed by atoms with Gasteiger partial charge in [0, 0.05) is 16.9 Å². The predicted molar refractivity (Wildman–Crippen MR) is 65.9 cm³/mol. The van der Waals surface area contributed by atoms with Gasteiger partial charge in [-0.1, -0.05) is 12.1 Å². The molecule has 3 rings (SSSR count). The molecule has 0 radical (unpaired) electrons. The lowest BCUT2D eigenvalue weighted by atomic mass is 10.1. The van der Waals surface area contributed by atoms with Crippen molar-refractivity contribution in [2.45, 2.75) is 6.42 Å². The molecule has 1 aliphatic heterocycles. The fourth-order valence-corrected chi connectivity index (χ4v) is 3.08. The molecule has 86 valence electrons. The van der Waals surface area contributed by atoms with Gasteiger partial charge in [0.05, 0.1) is 6.61 Å². The van der Waals surface area contributed by atoms with Crippen molar-refractivity contribution in [1.29, 1.82) is 0 Å². The van der Waals surface area contributed by atoms with Gasteiger partial charge in [0.1, 0.15) is 10.6 Å². The third-order valence-corrected chi connectivity index (χ3v) is 3.98. The van der Waals surface area contributed by atoms with Crippen LogP contribution in [0.4, 0.5) is 0 Å². The van der Waals surface area contributed by atoms with Crippen LogP contribution in [0, 0.1) is 0 Å². The third-order valence-electron chi connectivity index (χ3n) is 2.78. The summed E-state index contributed by atoms with van der Waals surface area (Å²) in [5.74, 6) is -0.0217. The van der Waals surface area contributed by atoms with Gasteiger partial charge in [-0.25, -0.2) is 4.79 Å². The van der Waals surface area contributed by atoms with Crippen LogP contribution in [0.5, 0.6) is 5.75 Å². The van der Waals surface area contributed by atoms with E-state index < -0.39 is 5.97 Å². The molecule has 0 spiro atoms. The molecule has 1 N–H and O–H groups in total. The maximum absolute atomic E-state index is 11.0. The van der Waals surface area contributed by atoms with E-state index >= 15 is 0 Å². The van der Waals surface area contributed by atoms with Crippen LogP contribution < -0.4 is 4.74 Å². The lowest BCUT2D eigenvalue weighted by Gasteiger charge is -2.05. The Kier molecular flexibility index (Phi) is 2.37. The molecule has 0 saturated carbocycles. The molecule has 2 aromatic rings. The number of carboxylic acids is 1. The highest BCUT2D eigenvalue weighted by Crippen LogP contribution is 2.40. The van der Waals surface area contributed by atoms with Gasteiger partial charge in [0.25, 0.3) is 0 Å². The minimum Gasteiger partial charge on any atom is -0.493 e. The highest BCUT2D eigenvalue weighted by molar-refractivity contribution is 7.17. The zero-order valence-electron chi connectivity index (χ0n) is 8.97. The quantitative estimate of drug-likeness (QED) is 0.841. The first-order valence-electron chi connectivity index (χ1n) is 5.34. The number of rotatable bonds is 1. The number of carboxylic acid groups (broad SMARTS) is 1. The van der Waals surface area contributed by atoms with Crippen LogP contribution in [-0.2, 0) is 6.42 Å².